The van der Waals surface area contributed by atoms with Crippen LogP contribution in [0.1, 0.15) is 25.6 Å². The van der Waals surface area contributed by atoms with Gasteiger partial charge < -0.3 is 4.57 Å². The van der Waals surface area contributed by atoms with Crippen molar-refractivity contribution in [3.63, 3.8) is 0 Å². The Bertz CT molecular complexity index is 366. The van der Waals surface area contributed by atoms with E-state index in [-0.39, 0.29) is 19.4 Å². The van der Waals surface area contributed by atoms with Gasteiger partial charge in [0.2, 0.25) is 0 Å². The zero-order valence-electron chi connectivity index (χ0n) is 9.01. The number of hydrogen-bond acceptors (Lipinski definition) is 2. The van der Waals surface area contributed by atoms with Crippen LogP contribution in [0.2, 0.25) is 0 Å². The Morgan fingerprint density at radius 1 is 1.50 bits per heavy atom. The summed E-state index contributed by atoms with van der Waals surface area (Å²) in [4.78, 5) is 4.03. The Hall–Kier alpha value is -1.04. The van der Waals surface area contributed by atoms with Crippen LogP contribution < -0.4 is 5.32 Å². The maximum atomic E-state index is 12.6. The van der Waals surface area contributed by atoms with Crippen LogP contribution >= 0.6 is 0 Å². The number of imidazole rings is 1. The number of alkyl halides is 3. The molecule has 0 spiro atoms. The topological polar surface area (TPSA) is 29.9 Å². The molecule has 0 unspecified atom stereocenters. The Kier molecular flexibility index (Phi) is 2.69. The van der Waals surface area contributed by atoms with Crippen molar-refractivity contribution in [2.24, 2.45) is 0 Å². The first-order valence-corrected chi connectivity index (χ1v) is 5.30. The molecule has 6 heteroatoms. The van der Waals surface area contributed by atoms with E-state index in [9.17, 15) is 13.2 Å². The molecule has 1 N–H and O–H groups in total. The molecule has 0 amide bonds. The maximum Gasteiger partial charge on any atom is 0.406 e. The Balaban J connectivity index is 1.98. The van der Waals surface area contributed by atoms with E-state index in [0.29, 0.717) is 5.82 Å². The third kappa shape index (κ3) is 1.93. The highest BCUT2D eigenvalue weighted by atomic mass is 19.4. The quantitative estimate of drug-likeness (QED) is 0.863. The molecular weight excluding hydrogens is 219 g/mol. The first kappa shape index (κ1) is 11.4. The summed E-state index contributed by atoms with van der Waals surface area (Å²) in [7, 11) is 0. The molecule has 1 aromatic rings. The van der Waals surface area contributed by atoms with Crippen LogP contribution in [-0.2, 0) is 13.1 Å². The molecule has 1 heterocycles. The Labute approximate surface area is 91.7 Å². The number of aromatic nitrogens is 2. The molecule has 90 valence electrons. The second kappa shape index (κ2) is 3.76. The number of nitrogens with one attached hydrogen (secondary N) is 1. The highest BCUT2D eigenvalue weighted by molar-refractivity contribution is 5.09. The van der Waals surface area contributed by atoms with E-state index in [0.717, 1.165) is 6.54 Å². The van der Waals surface area contributed by atoms with E-state index >= 15 is 0 Å². The third-order valence-corrected chi connectivity index (χ3v) is 3.02. The normalized spacial score (nSPS) is 18.8. The van der Waals surface area contributed by atoms with Gasteiger partial charge in [-0.1, -0.05) is 0 Å². The van der Waals surface area contributed by atoms with Gasteiger partial charge in [0.1, 0.15) is 11.4 Å². The molecule has 0 bridgehead atoms. The summed E-state index contributed by atoms with van der Waals surface area (Å²) in [5, 5.41) is 2.58. The van der Waals surface area contributed by atoms with Gasteiger partial charge in [0, 0.05) is 18.9 Å². The molecule has 1 aromatic heterocycles. The fraction of sp³-hybridized carbons (Fsp3) is 0.700. The molecule has 0 saturated heterocycles. The molecular formula is C10H14F3N3. The molecule has 2 rings (SSSR count). The van der Waals surface area contributed by atoms with Crippen molar-refractivity contribution < 1.29 is 13.2 Å². The lowest BCUT2D eigenvalue weighted by Crippen LogP contribution is -2.44. The summed E-state index contributed by atoms with van der Waals surface area (Å²) in [5.41, 5.74) is -1.66. The van der Waals surface area contributed by atoms with Crippen LogP contribution in [0.4, 0.5) is 13.2 Å². The van der Waals surface area contributed by atoms with Crippen LogP contribution in [0.25, 0.3) is 0 Å². The average Bonchev–Trinajstić information content (AvgIpc) is 2.88. The van der Waals surface area contributed by atoms with Gasteiger partial charge in [-0.2, -0.15) is 13.2 Å². The van der Waals surface area contributed by atoms with E-state index in [4.69, 9.17) is 0 Å². The molecule has 1 saturated carbocycles. The second-order valence-corrected chi connectivity index (χ2v) is 4.06. The second-order valence-electron chi connectivity index (χ2n) is 4.06. The van der Waals surface area contributed by atoms with E-state index in [2.05, 4.69) is 10.3 Å². The summed E-state index contributed by atoms with van der Waals surface area (Å²) in [6, 6.07) is 0. The van der Waals surface area contributed by atoms with Crippen LogP contribution in [0.15, 0.2) is 12.4 Å². The standard InChI is InChI=1S/C10H14F3N3/c1-2-16-6-5-14-8(16)7-15-9(3-4-9)10(11,12)13/h5-6,15H,2-4,7H2,1H3. The van der Waals surface area contributed by atoms with Crippen molar-refractivity contribution in [1.82, 2.24) is 14.9 Å². The Morgan fingerprint density at radius 2 is 2.19 bits per heavy atom. The van der Waals surface area contributed by atoms with Gasteiger partial charge in [0.25, 0.3) is 0 Å². The number of rotatable bonds is 4. The predicted octanol–water partition coefficient (Wildman–Crippen LogP) is 2.09. The van der Waals surface area contributed by atoms with Gasteiger partial charge in [-0.15, -0.1) is 0 Å². The van der Waals surface area contributed by atoms with E-state index in [1.165, 1.54) is 0 Å². The minimum Gasteiger partial charge on any atom is -0.334 e. The van der Waals surface area contributed by atoms with Crippen molar-refractivity contribution in [3.05, 3.63) is 18.2 Å². The van der Waals surface area contributed by atoms with Gasteiger partial charge in [-0.05, 0) is 19.8 Å². The van der Waals surface area contributed by atoms with Gasteiger partial charge in [-0.3, -0.25) is 5.32 Å². The van der Waals surface area contributed by atoms with Gasteiger partial charge >= 0.3 is 6.18 Å². The smallest absolute Gasteiger partial charge is 0.334 e. The fourth-order valence-corrected chi connectivity index (χ4v) is 1.73. The molecule has 1 aliphatic rings. The Morgan fingerprint density at radius 3 is 2.69 bits per heavy atom. The summed E-state index contributed by atoms with van der Waals surface area (Å²) < 4.78 is 39.7. The summed E-state index contributed by atoms with van der Waals surface area (Å²) in [6.07, 6.45) is -0.443. The molecule has 0 aromatic carbocycles. The summed E-state index contributed by atoms with van der Waals surface area (Å²) in [6.45, 7) is 2.82. The number of aryl methyl sites for hydroxylation is 1. The highest BCUT2D eigenvalue weighted by Crippen LogP contribution is 2.48. The zero-order valence-corrected chi connectivity index (χ0v) is 9.01. The van der Waals surface area contributed by atoms with Crippen LogP contribution in [0.5, 0.6) is 0 Å². The zero-order chi connectivity index (χ0) is 11.8. The van der Waals surface area contributed by atoms with Gasteiger partial charge in [0.05, 0.1) is 6.54 Å². The van der Waals surface area contributed by atoms with Crippen molar-refractivity contribution in [3.8, 4) is 0 Å². The monoisotopic (exact) mass is 233 g/mol. The number of halogens is 3. The lowest BCUT2D eigenvalue weighted by atomic mass is 10.2. The molecule has 16 heavy (non-hydrogen) atoms. The van der Waals surface area contributed by atoms with Gasteiger partial charge in [0.15, 0.2) is 0 Å². The van der Waals surface area contributed by atoms with Crippen molar-refractivity contribution in [1.29, 1.82) is 0 Å². The lowest BCUT2D eigenvalue weighted by Gasteiger charge is -2.20. The summed E-state index contributed by atoms with van der Waals surface area (Å²) in [5.74, 6) is 0.651. The largest absolute Gasteiger partial charge is 0.406 e. The molecule has 0 atom stereocenters. The van der Waals surface area contributed by atoms with Crippen LogP contribution in [0.3, 0.4) is 0 Å². The van der Waals surface area contributed by atoms with Crippen molar-refractivity contribution >= 4 is 0 Å². The maximum absolute atomic E-state index is 12.6. The predicted molar refractivity (Wildman–Crippen MR) is 52.8 cm³/mol. The minimum atomic E-state index is -4.16. The van der Waals surface area contributed by atoms with Crippen LogP contribution in [-0.4, -0.2) is 21.3 Å². The molecule has 0 radical (unpaired) electrons. The van der Waals surface area contributed by atoms with E-state index in [1.807, 2.05) is 11.5 Å². The molecule has 3 nitrogen and oxygen atoms in total. The third-order valence-electron chi connectivity index (χ3n) is 3.02. The fourth-order valence-electron chi connectivity index (χ4n) is 1.73. The first-order valence-electron chi connectivity index (χ1n) is 5.30. The molecule has 1 fully saturated rings. The van der Waals surface area contributed by atoms with Crippen molar-refractivity contribution in [2.45, 2.75) is 44.6 Å². The number of nitrogens with zero attached hydrogens (tertiary/aromatic N) is 2. The van der Waals surface area contributed by atoms with E-state index < -0.39 is 11.7 Å². The summed E-state index contributed by atoms with van der Waals surface area (Å²) >= 11 is 0. The molecule has 1 aliphatic carbocycles. The van der Waals surface area contributed by atoms with Crippen molar-refractivity contribution in [2.75, 3.05) is 0 Å². The number of hydrogen-bond donors (Lipinski definition) is 1. The average molecular weight is 233 g/mol. The van der Waals surface area contributed by atoms with Crippen LogP contribution in [0, 0.1) is 0 Å². The van der Waals surface area contributed by atoms with E-state index in [1.54, 1.807) is 12.4 Å². The minimum absolute atomic E-state index is 0.167. The highest BCUT2D eigenvalue weighted by Gasteiger charge is 2.63. The SMILES string of the molecule is CCn1ccnc1CNC1(C(F)(F)F)CC1. The lowest BCUT2D eigenvalue weighted by molar-refractivity contribution is -0.166. The first-order chi connectivity index (χ1) is 7.48. The van der Waals surface area contributed by atoms with Gasteiger partial charge in [-0.25, -0.2) is 4.98 Å². The molecule has 0 aliphatic heterocycles.